The molecule has 0 aromatic heterocycles. The number of carbonyl (C=O) groups excluding carboxylic acids is 1. The minimum atomic E-state index is -1.08. The molecule has 2 aliphatic rings. The molecule has 3 rings (SSSR count). The molecule has 0 bridgehead atoms. The second-order valence-electron chi connectivity index (χ2n) is 5.57. The fraction of sp³-hybridized carbons (Fsp3) is 0.467. The number of aliphatic carboxylic acids is 1. The maximum absolute atomic E-state index is 13.9. The molecule has 1 aromatic carbocycles. The molecule has 22 heavy (non-hydrogen) atoms. The fourth-order valence-electron chi connectivity index (χ4n) is 2.89. The molecule has 1 heterocycles. The van der Waals surface area contributed by atoms with Gasteiger partial charge >= 0.3 is 5.97 Å². The third-order valence-corrected chi connectivity index (χ3v) is 4.46. The van der Waals surface area contributed by atoms with Gasteiger partial charge in [-0.1, -0.05) is 17.7 Å². The Bertz CT molecular complexity index is 603. The number of hydrogen-bond donors (Lipinski definition) is 1. The first-order valence-corrected chi connectivity index (χ1v) is 7.44. The smallest absolute Gasteiger partial charge is 0.334 e. The number of carboxylic acids is 1. The Morgan fingerprint density at radius 3 is 2.86 bits per heavy atom. The summed E-state index contributed by atoms with van der Waals surface area (Å²) in [6.45, 7) is 0.583. The highest BCUT2D eigenvalue weighted by molar-refractivity contribution is 6.31. The van der Waals surface area contributed by atoms with Crippen LogP contribution in [-0.2, 0) is 14.3 Å². The van der Waals surface area contributed by atoms with Gasteiger partial charge in [0, 0.05) is 29.0 Å². The van der Waals surface area contributed by atoms with Crippen LogP contribution >= 0.6 is 11.6 Å². The highest BCUT2D eigenvalue weighted by Gasteiger charge is 2.48. The van der Waals surface area contributed by atoms with Gasteiger partial charge in [-0.3, -0.25) is 4.79 Å². The molecule has 1 N–H and O–H groups in total. The van der Waals surface area contributed by atoms with Gasteiger partial charge in [0.25, 0.3) is 0 Å². The third-order valence-electron chi connectivity index (χ3n) is 4.13. The Hall–Kier alpha value is -1.66. The quantitative estimate of drug-likeness (QED) is 0.920. The maximum Gasteiger partial charge on any atom is 0.334 e. The van der Waals surface area contributed by atoms with Gasteiger partial charge in [-0.15, -0.1) is 0 Å². The zero-order chi connectivity index (χ0) is 15.9. The summed E-state index contributed by atoms with van der Waals surface area (Å²) in [5.41, 5.74) is 0.380. The van der Waals surface area contributed by atoms with Crippen molar-refractivity contribution in [1.82, 2.24) is 4.90 Å². The van der Waals surface area contributed by atoms with Crippen molar-refractivity contribution in [2.24, 2.45) is 5.92 Å². The molecule has 1 aliphatic heterocycles. The van der Waals surface area contributed by atoms with Crippen LogP contribution in [0.4, 0.5) is 4.39 Å². The zero-order valence-corrected chi connectivity index (χ0v) is 12.4. The van der Waals surface area contributed by atoms with E-state index >= 15 is 0 Å². The highest BCUT2D eigenvalue weighted by atomic mass is 35.5. The first-order chi connectivity index (χ1) is 10.5. The Morgan fingerprint density at radius 1 is 1.41 bits per heavy atom. The Labute approximate surface area is 131 Å². The molecule has 1 saturated carbocycles. The predicted molar refractivity (Wildman–Crippen MR) is 76.2 cm³/mol. The summed E-state index contributed by atoms with van der Waals surface area (Å²) in [4.78, 5) is 24.9. The monoisotopic (exact) mass is 327 g/mol. The summed E-state index contributed by atoms with van der Waals surface area (Å²) >= 11 is 6.02. The van der Waals surface area contributed by atoms with Gasteiger partial charge in [-0.2, -0.15) is 0 Å². The summed E-state index contributed by atoms with van der Waals surface area (Å²) in [6.07, 6.45) is -0.457. The molecule has 0 radical (unpaired) electrons. The molecule has 1 amide bonds. The minimum Gasteiger partial charge on any atom is -0.479 e. The van der Waals surface area contributed by atoms with E-state index in [2.05, 4.69) is 0 Å². The first-order valence-electron chi connectivity index (χ1n) is 7.06. The molecule has 1 saturated heterocycles. The minimum absolute atomic E-state index is 0.0301. The number of hydrogen-bond acceptors (Lipinski definition) is 3. The summed E-state index contributed by atoms with van der Waals surface area (Å²) in [6, 6.07) is 4.46. The second kappa shape index (κ2) is 5.85. The summed E-state index contributed by atoms with van der Waals surface area (Å²) in [7, 11) is 0. The van der Waals surface area contributed by atoms with Gasteiger partial charge in [0.1, 0.15) is 5.82 Å². The van der Waals surface area contributed by atoms with Crippen molar-refractivity contribution in [2.75, 3.05) is 19.7 Å². The largest absolute Gasteiger partial charge is 0.479 e. The van der Waals surface area contributed by atoms with Gasteiger partial charge in [-0.25, -0.2) is 9.18 Å². The van der Waals surface area contributed by atoms with E-state index in [1.807, 2.05) is 0 Å². The topological polar surface area (TPSA) is 66.8 Å². The van der Waals surface area contributed by atoms with Crippen LogP contribution < -0.4 is 0 Å². The van der Waals surface area contributed by atoms with E-state index in [4.69, 9.17) is 21.4 Å². The van der Waals surface area contributed by atoms with Crippen LogP contribution in [0.2, 0.25) is 5.02 Å². The number of morpholine rings is 1. The Morgan fingerprint density at radius 2 is 2.18 bits per heavy atom. The molecule has 5 nitrogen and oxygen atoms in total. The first kappa shape index (κ1) is 15.2. The van der Waals surface area contributed by atoms with Crippen molar-refractivity contribution < 1.29 is 23.8 Å². The van der Waals surface area contributed by atoms with Crippen molar-refractivity contribution in [3.63, 3.8) is 0 Å². The fourth-order valence-corrected chi connectivity index (χ4v) is 3.19. The van der Waals surface area contributed by atoms with Crippen molar-refractivity contribution in [3.8, 4) is 0 Å². The van der Waals surface area contributed by atoms with Gasteiger partial charge < -0.3 is 14.7 Å². The van der Waals surface area contributed by atoms with Gasteiger partial charge in [0.15, 0.2) is 6.10 Å². The van der Waals surface area contributed by atoms with Gasteiger partial charge in [0.05, 0.1) is 13.2 Å². The molecule has 0 unspecified atom stereocenters. The van der Waals surface area contributed by atoms with Crippen molar-refractivity contribution >= 4 is 23.5 Å². The normalized spacial score (nSPS) is 27.5. The second-order valence-corrected chi connectivity index (χ2v) is 5.97. The third kappa shape index (κ3) is 2.80. The molecule has 7 heteroatoms. The molecule has 118 valence electrons. The summed E-state index contributed by atoms with van der Waals surface area (Å²) in [5.74, 6) is -2.20. The summed E-state index contributed by atoms with van der Waals surface area (Å²) in [5, 5.41) is 9.29. The van der Waals surface area contributed by atoms with E-state index in [-0.39, 0.29) is 30.9 Å². The lowest BCUT2D eigenvalue weighted by atomic mass is 10.1. The Balaban J connectivity index is 1.69. The van der Waals surface area contributed by atoms with E-state index in [0.29, 0.717) is 23.6 Å². The molecule has 2 fully saturated rings. The standard InChI is InChI=1S/C15H15ClFNO4/c16-10-2-1-3-11(17)13(10)8-6-9(8)14(19)18-4-5-22-12(7-18)15(20)21/h1-3,8-9,12H,4-7H2,(H,20,21)/t8-,9+,12+/m1/s1. The van der Waals surface area contributed by atoms with E-state index in [1.54, 1.807) is 6.07 Å². The van der Waals surface area contributed by atoms with Crippen molar-refractivity contribution in [1.29, 1.82) is 0 Å². The van der Waals surface area contributed by atoms with Crippen molar-refractivity contribution in [3.05, 3.63) is 34.6 Å². The number of amides is 1. The van der Waals surface area contributed by atoms with Crippen LogP contribution in [-0.4, -0.2) is 47.7 Å². The van der Waals surface area contributed by atoms with Crippen LogP contribution in [0.3, 0.4) is 0 Å². The van der Waals surface area contributed by atoms with Crippen LogP contribution in [0.25, 0.3) is 0 Å². The molecular formula is C15H15ClFNO4. The molecule has 3 atom stereocenters. The zero-order valence-electron chi connectivity index (χ0n) is 11.7. The van der Waals surface area contributed by atoms with Gasteiger partial charge in [0.2, 0.25) is 5.91 Å². The number of nitrogens with zero attached hydrogens (tertiary/aromatic N) is 1. The van der Waals surface area contributed by atoms with Gasteiger partial charge in [-0.05, 0) is 18.6 Å². The number of carbonyl (C=O) groups is 2. The Kier molecular flexibility index (Phi) is 4.06. The van der Waals surface area contributed by atoms with Crippen LogP contribution in [0.1, 0.15) is 17.9 Å². The number of benzene rings is 1. The molecule has 1 aliphatic carbocycles. The van der Waals surface area contributed by atoms with Crippen molar-refractivity contribution in [2.45, 2.75) is 18.4 Å². The number of halogens is 2. The predicted octanol–water partition coefficient (Wildman–Crippen LogP) is 1.89. The lowest BCUT2D eigenvalue weighted by molar-refractivity contribution is -0.159. The van der Waals surface area contributed by atoms with E-state index in [0.717, 1.165) is 0 Å². The lowest BCUT2D eigenvalue weighted by Crippen LogP contribution is -2.49. The molecule has 0 spiro atoms. The SMILES string of the molecule is O=C(O)[C@@H]1CN(C(=O)[C@H]2C[C@H]2c2c(F)cccc2Cl)CCO1. The maximum atomic E-state index is 13.9. The summed E-state index contributed by atoms with van der Waals surface area (Å²) < 4.78 is 19.0. The van der Waals surface area contributed by atoms with Crippen LogP contribution in [0.5, 0.6) is 0 Å². The van der Waals surface area contributed by atoms with Crippen LogP contribution in [0.15, 0.2) is 18.2 Å². The average molecular weight is 328 g/mol. The van der Waals surface area contributed by atoms with E-state index in [9.17, 15) is 14.0 Å². The highest BCUT2D eigenvalue weighted by Crippen LogP contribution is 2.51. The number of ether oxygens (including phenoxy) is 1. The lowest BCUT2D eigenvalue weighted by Gasteiger charge is -2.31. The number of carboxylic acid groups (broad SMARTS) is 1. The van der Waals surface area contributed by atoms with E-state index in [1.165, 1.54) is 17.0 Å². The average Bonchev–Trinajstić information content (AvgIpc) is 3.26. The van der Waals surface area contributed by atoms with E-state index < -0.39 is 17.9 Å². The van der Waals surface area contributed by atoms with Crippen LogP contribution in [0, 0.1) is 11.7 Å². The molecular weight excluding hydrogens is 313 g/mol. The number of rotatable bonds is 3. The molecule has 1 aromatic rings.